The van der Waals surface area contributed by atoms with Gasteiger partial charge in [0.25, 0.3) is 0 Å². The van der Waals surface area contributed by atoms with Gasteiger partial charge >= 0.3 is 0 Å². The number of hydrogen-bond donors (Lipinski definition) is 0. The Hall–Kier alpha value is -1.58. The number of aromatic nitrogens is 4. The van der Waals surface area contributed by atoms with E-state index < -0.39 is 0 Å². The molecule has 0 aromatic carbocycles. The Bertz CT molecular complexity index is 605. The van der Waals surface area contributed by atoms with Crippen LogP contribution in [0, 0.1) is 20.8 Å². The lowest BCUT2D eigenvalue weighted by Crippen LogP contribution is -1.97. The van der Waals surface area contributed by atoms with Gasteiger partial charge in [0.2, 0.25) is 0 Å². The number of hydrogen-bond acceptors (Lipinski definition) is 2. The fourth-order valence-electron chi connectivity index (χ4n) is 2.79. The zero-order chi connectivity index (χ0) is 19.0. The van der Waals surface area contributed by atoms with E-state index in [9.17, 15) is 0 Å². The maximum atomic E-state index is 4.40. The minimum absolute atomic E-state index is 0.591. The van der Waals surface area contributed by atoms with Gasteiger partial charge in [-0.15, -0.1) is 0 Å². The van der Waals surface area contributed by atoms with Crippen LogP contribution in [0.4, 0.5) is 0 Å². The molecule has 0 saturated heterocycles. The largest absolute Gasteiger partial charge is 0.273 e. The summed E-state index contributed by atoms with van der Waals surface area (Å²) < 4.78 is 3.88. The molecule has 24 heavy (non-hydrogen) atoms. The van der Waals surface area contributed by atoms with Gasteiger partial charge in [-0.05, 0) is 50.2 Å². The lowest BCUT2D eigenvalue weighted by atomic mass is 9.97. The van der Waals surface area contributed by atoms with Crippen LogP contribution < -0.4 is 0 Å². The molecule has 1 unspecified atom stereocenters. The summed E-state index contributed by atoms with van der Waals surface area (Å²) in [6, 6.07) is 0. The van der Waals surface area contributed by atoms with Gasteiger partial charge in [0.15, 0.2) is 0 Å². The SMILES string of the molecule is CC.CCC(C)c1c(C)nn(C)c1C.Cc1c(C(C)C)cnn1C. The normalized spacial score (nSPS) is 11.5. The summed E-state index contributed by atoms with van der Waals surface area (Å²) in [7, 11) is 3.98. The Balaban J connectivity index is 0.000000405. The van der Waals surface area contributed by atoms with Gasteiger partial charge < -0.3 is 0 Å². The molecule has 0 aliphatic rings. The first-order chi connectivity index (χ1) is 11.2. The van der Waals surface area contributed by atoms with Crippen molar-refractivity contribution in [2.75, 3.05) is 0 Å². The molecule has 2 aromatic rings. The second kappa shape index (κ2) is 10.3. The highest BCUT2D eigenvalue weighted by Crippen LogP contribution is 2.24. The third kappa shape index (κ3) is 5.50. The molecule has 0 aliphatic heterocycles. The Labute approximate surface area is 149 Å². The van der Waals surface area contributed by atoms with Crippen molar-refractivity contribution in [1.29, 1.82) is 0 Å². The van der Waals surface area contributed by atoms with Gasteiger partial charge in [0.1, 0.15) is 0 Å². The Morgan fingerprint density at radius 3 is 1.75 bits per heavy atom. The van der Waals surface area contributed by atoms with Crippen LogP contribution in [0.5, 0.6) is 0 Å². The van der Waals surface area contributed by atoms with Crippen LogP contribution in [-0.4, -0.2) is 19.6 Å². The highest BCUT2D eigenvalue weighted by atomic mass is 15.3. The highest BCUT2D eigenvalue weighted by molar-refractivity contribution is 5.27. The zero-order valence-corrected chi connectivity index (χ0v) is 17.7. The topological polar surface area (TPSA) is 35.6 Å². The second-order valence-corrected chi connectivity index (χ2v) is 6.48. The molecule has 4 nitrogen and oxygen atoms in total. The minimum Gasteiger partial charge on any atom is -0.273 e. The summed E-state index contributed by atoms with van der Waals surface area (Å²) in [5.41, 5.74) is 6.55. The van der Waals surface area contributed by atoms with Crippen LogP contribution in [0.1, 0.15) is 88.0 Å². The lowest BCUT2D eigenvalue weighted by molar-refractivity contribution is 0.708. The van der Waals surface area contributed by atoms with Crippen LogP contribution in [0.25, 0.3) is 0 Å². The number of rotatable bonds is 3. The molecule has 0 saturated carbocycles. The minimum atomic E-state index is 0.591. The maximum Gasteiger partial charge on any atom is 0.0631 e. The van der Waals surface area contributed by atoms with Gasteiger partial charge in [-0.1, -0.05) is 41.5 Å². The molecule has 0 fully saturated rings. The third-order valence-corrected chi connectivity index (χ3v) is 4.57. The predicted octanol–water partition coefficient (Wildman–Crippen LogP) is 5.43. The van der Waals surface area contributed by atoms with E-state index in [0.29, 0.717) is 11.8 Å². The molecule has 0 amide bonds. The van der Waals surface area contributed by atoms with Crippen molar-refractivity contribution >= 4 is 0 Å². The molecule has 0 N–H and O–H groups in total. The van der Waals surface area contributed by atoms with Crippen molar-refractivity contribution in [1.82, 2.24) is 19.6 Å². The van der Waals surface area contributed by atoms with Gasteiger partial charge in [0.05, 0.1) is 11.9 Å². The quantitative estimate of drug-likeness (QED) is 0.750. The molecular weight excluding hydrogens is 296 g/mol. The fraction of sp³-hybridized carbons (Fsp3) is 0.700. The second-order valence-electron chi connectivity index (χ2n) is 6.48. The van der Waals surface area contributed by atoms with Crippen molar-refractivity contribution in [3.63, 3.8) is 0 Å². The van der Waals surface area contributed by atoms with E-state index in [-0.39, 0.29) is 0 Å². The fourth-order valence-corrected chi connectivity index (χ4v) is 2.79. The summed E-state index contributed by atoms with van der Waals surface area (Å²) in [5.74, 6) is 1.23. The van der Waals surface area contributed by atoms with Crippen molar-refractivity contribution in [2.24, 2.45) is 14.1 Å². The maximum absolute atomic E-state index is 4.40. The molecule has 4 heteroatoms. The molecule has 0 spiro atoms. The molecule has 2 heterocycles. The molecule has 2 rings (SSSR count). The average molecular weight is 335 g/mol. The van der Waals surface area contributed by atoms with Crippen molar-refractivity contribution in [2.45, 2.75) is 80.6 Å². The van der Waals surface area contributed by atoms with Crippen LogP contribution in [0.2, 0.25) is 0 Å². The van der Waals surface area contributed by atoms with E-state index in [4.69, 9.17) is 0 Å². The first kappa shape index (κ1) is 22.4. The Morgan fingerprint density at radius 2 is 1.50 bits per heavy atom. The lowest BCUT2D eigenvalue weighted by Gasteiger charge is -2.08. The van der Waals surface area contributed by atoms with Crippen molar-refractivity contribution < 1.29 is 0 Å². The van der Waals surface area contributed by atoms with E-state index in [0.717, 1.165) is 0 Å². The monoisotopic (exact) mass is 334 g/mol. The van der Waals surface area contributed by atoms with E-state index in [1.165, 1.54) is 34.6 Å². The first-order valence-corrected chi connectivity index (χ1v) is 9.19. The Kier molecular flexibility index (Phi) is 9.64. The average Bonchev–Trinajstić information content (AvgIpc) is 3.01. The van der Waals surface area contributed by atoms with Crippen LogP contribution in [-0.2, 0) is 14.1 Å². The summed E-state index contributed by atoms with van der Waals surface area (Å²) >= 11 is 0. The molecule has 0 bridgehead atoms. The predicted molar refractivity (Wildman–Crippen MR) is 105 cm³/mol. The Morgan fingerprint density at radius 1 is 0.958 bits per heavy atom. The summed E-state index contributed by atoms with van der Waals surface area (Å²) in [4.78, 5) is 0. The van der Waals surface area contributed by atoms with Crippen molar-refractivity contribution in [3.8, 4) is 0 Å². The summed E-state index contributed by atoms with van der Waals surface area (Å²) in [6.45, 7) is 19.2. The molecule has 2 aromatic heterocycles. The van der Waals surface area contributed by atoms with Crippen LogP contribution in [0.3, 0.4) is 0 Å². The molecule has 0 aliphatic carbocycles. The van der Waals surface area contributed by atoms with Gasteiger partial charge in [-0.25, -0.2) is 0 Å². The van der Waals surface area contributed by atoms with Gasteiger partial charge in [-0.2, -0.15) is 10.2 Å². The van der Waals surface area contributed by atoms with E-state index >= 15 is 0 Å². The van der Waals surface area contributed by atoms with Gasteiger partial charge in [0, 0.05) is 25.5 Å². The third-order valence-electron chi connectivity index (χ3n) is 4.57. The zero-order valence-electron chi connectivity index (χ0n) is 17.7. The van der Waals surface area contributed by atoms with E-state index in [1.807, 2.05) is 43.5 Å². The summed E-state index contributed by atoms with van der Waals surface area (Å²) in [5, 5.41) is 8.55. The first-order valence-electron chi connectivity index (χ1n) is 9.19. The molecule has 1 atom stereocenters. The standard InChI is InChI=1S/C10H18N2.C8H14N2.C2H6/c1-6-7(2)10-8(3)11-12(5)9(10)4;1-6(2)8-5-9-10(4)7(8)3;1-2/h7H,6H2,1-5H3;5-6H,1-4H3;1-2H3. The number of nitrogens with zero attached hydrogens (tertiary/aromatic N) is 4. The van der Waals surface area contributed by atoms with E-state index in [2.05, 4.69) is 58.7 Å². The van der Waals surface area contributed by atoms with Crippen LogP contribution >= 0.6 is 0 Å². The van der Waals surface area contributed by atoms with Crippen LogP contribution in [0.15, 0.2) is 6.20 Å². The van der Waals surface area contributed by atoms with Crippen molar-refractivity contribution in [3.05, 3.63) is 34.4 Å². The highest BCUT2D eigenvalue weighted by Gasteiger charge is 2.13. The van der Waals surface area contributed by atoms with Gasteiger partial charge in [-0.3, -0.25) is 9.36 Å². The number of aryl methyl sites for hydroxylation is 3. The summed E-state index contributed by atoms with van der Waals surface area (Å²) in [6.07, 6.45) is 3.13. The molecule has 138 valence electrons. The molecular formula is C20H38N4. The molecule has 0 radical (unpaired) electrons. The van der Waals surface area contributed by atoms with E-state index in [1.54, 1.807) is 0 Å². The smallest absolute Gasteiger partial charge is 0.0631 e.